The van der Waals surface area contributed by atoms with Crippen molar-refractivity contribution in [1.82, 2.24) is 15.0 Å². The van der Waals surface area contributed by atoms with Crippen LogP contribution in [0, 0.1) is 5.92 Å². The number of nitrogen functional groups attached to an aromatic ring is 1. The quantitative estimate of drug-likeness (QED) is 0.880. The lowest BCUT2D eigenvalue weighted by Gasteiger charge is -2.27. The fourth-order valence-corrected chi connectivity index (χ4v) is 4.09. The van der Waals surface area contributed by atoms with Crippen LogP contribution in [0.2, 0.25) is 0 Å². The van der Waals surface area contributed by atoms with Gasteiger partial charge in [-0.3, -0.25) is 0 Å². The molecule has 1 aromatic heterocycles. The molecule has 0 bridgehead atoms. The first-order valence-corrected chi connectivity index (χ1v) is 9.05. The van der Waals surface area contributed by atoms with Crippen molar-refractivity contribution in [3.63, 3.8) is 0 Å². The zero-order valence-corrected chi connectivity index (χ0v) is 13.2. The Balaban J connectivity index is 1.62. The van der Waals surface area contributed by atoms with Crippen LogP contribution in [0.25, 0.3) is 0 Å². The average Bonchev–Trinajstić information content (AvgIpc) is 2.54. The van der Waals surface area contributed by atoms with Gasteiger partial charge in [0, 0.05) is 19.6 Å². The smallest absolute Gasteiger partial charge is 0.231 e. The molecule has 116 valence electrons. The summed E-state index contributed by atoms with van der Waals surface area (Å²) in [6, 6.07) is 0. The third-order valence-electron chi connectivity index (χ3n) is 4.17. The molecule has 3 heterocycles. The highest BCUT2D eigenvalue weighted by molar-refractivity contribution is 7.99. The van der Waals surface area contributed by atoms with Gasteiger partial charge in [-0.25, -0.2) is 0 Å². The van der Waals surface area contributed by atoms with Gasteiger partial charge in [-0.2, -0.15) is 26.7 Å². The maximum absolute atomic E-state index is 5.84. The summed E-state index contributed by atoms with van der Waals surface area (Å²) in [6.45, 7) is 2.97. The number of rotatable bonds is 4. The number of nitrogens with zero attached hydrogens (tertiary/aromatic N) is 4. The van der Waals surface area contributed by atoms with Crippen molar-refractivity contribution in [2.45, 2.75) is 32.1 Å². The van der Waals surface area contributed by atoms with Gasteiger partial charge >= 0.3 is 0 Å². The largest absolute Gasteiger partial charge is 0.368 e. The molecule has 0 aromatic carbocycles. The summed E-state index contributed by atoms with van der Waals surface area (Å²) in [4.78, 5) is 15.3. The Morgan fingerprint density at radius 3 is 2.62 bits per heavy atom. The standard InChI is InChI=1S/C14H24N6S/c15-12-17-13(16-10-11-4-8-21-9-5-11)19-14(18-12)20-6-2-1-3-7-20/h11H,1-10H2,(H3,15,16,17,18,19). The van der Waals surface area contributed by atoms with Crippen LogP contribution >= 0.6 is 11.8 Å². The second-order valence-corrected chi connectivity index (χ2v) is 7.03. The molecule has 21 heavy (non-hydrogen) atoms. The van der Waals surface area contributed by atoms with Crippen LogP contribution in [0.4, 0.5) is 17.8 Å². The molecule has 0 amide bonds. The Kier molecular flexibility index (Phi) is 5.00. The topological polar surface area (TPSA) is 80.0 Å². The molecule has 0 atom stereocenters. The summed E-state index contributed by atoms with van der Waals surface area (Å²) in [5, 5.41) is 3.36. The Morgan fingerprint density at radius 2 is 1.86 bits per heavy atom. The minimum Gasteiger partial charge on any atom is -0.368 e. The molecule has 0 radical (unpaired) electrons. The Hall–Kier alpha value is -1.24. The van der Waals surface area contributed by atoms with E-state index in [2.05, 4.69) is 25.2 Å². The van der Waals surface area contributed by atoms with E-state index in [4.69, 9.17) is 5.73 Å². The van der Waals surface area contributed by atoms with Crippen molar-refractivity contribution in [3.05, 3.63) is 0 Å². The van der Waals surface area contributed by atoms with E-state index in [1.807, 2.05) is 11.8 Å². The minimum absolute atomic E-state index is 0.312. The van der Waals surface area contributed by atoms with Gasteiger partial charge in [0.25, 0.3) is 0 Å². The second-order valence-electron chi connectivity index (χ2n) is 5.80. The Labute approximate surface area is 130 Å². The van der Waals surface area contributed by atoms with Crippen molar-refractivity contribution < 1.29 is 0 Å². The van der Waals surface area contributed by atoms with E-state index in [1.165, 1.54) is 43.6 Å². The molecule has 0 saturated carbocycles. The van der Waals surface area contributed by atoms with E-state index < -0.39 is 0 Å². The van der Waals surface area contributed by atoms with Crippen LogP contribution in [0.15, 0.2) is 0 Å². The number of nitrogens with one attached hydrogen (secondary N) is 1. The summed E-state index contributed by atoms with van der Waals surface area (Å²) in [5.74, 6) is 4.93. The summed E-state index contributed by atoms with van der Waals surface area (Å²) >= 11 is 2.05. The van der Waals surface area contributed by atoms with Gasteiger partial charge in [0.05, 0.1) is 0 Å². The summed E-state index contributed by atoms with van der Waals surface area (Å²) in [5.41, 5.74) is 5.84. The second kappa shape index (κ2) is 7.15. The number of nitrogens with two attached hydrogens (primary N) is 1. The fourth-order valence-electron chi connectivity index (χ4n) is 2.88. The van der Waals surface area contributed by atoms with Crippen LogP contribution in [0.5, 0.6) is 0 Å². The lowest BCUT2D eigenvalue weighted by atomic mass is 10.0. The van der Waals surface area contributed by atoms with Crippen molar-refractivity contribution in [3.8, 4) is 0 Å². The van der Waals surface area contributed by atoms with Gasteiger partial charge in [-0.15, -0.1) is 0 Å². The lowest BCUT2D eigenvalue weighted by Crippen LogP contribution is -2.31. The van der Waals surface area contributed by atoms with Crippen LogP contribution in [-0.2, 0) is 0 Å². The Morgan fingerprint density at radius 1 is 1.10 bits per heavy atom. The zero-order chi connectivity index (χ0) is 14.5. The highest BCUT2D eigenvalue weighted by Gasteiger charge is 2.17. The van der Waals surface area contributed by atoms with Gasteiger partial charge in [0.15, 0.2) is 0 Å². The van der Waals surface area contributed by atoms with Crippen LogP contribution in [-0.4, -0.2) is 46.1 Å². The normalized spacial score (nSPS) is 20.5. The number of hydrogen-bond donors (Lipinski definition) is 2. The summed E-state index contributed by atoms with van der Waals surface area (Å²) in [7, 11) is 0. The number of anilines is 3. The molecule has 0 unspecified atom stereocenters. The first kappa shape index (κ1) is 14.7. The van der Waals surface area contributed by atoms with Gasteiger partial charge in [-0.05, 0) is 49.5 Å². The van der Waals surface area contributed by atoms with Crippen molar-refractivity contribution in [2.24, 2.45) is 5.92 Å². The molecule has 1 aromatic rings. The highest BCUT2D eigenvalue weighted by atomic mass is 32.2. The first-order chi connectivity index (χ1) is 10.3. The summed E-state index contributed by atoms with van der Waals surface area (Å²) in [6.07, 6.45) is 6.25. The minimum atomic E-state index is 0.312. The number of hydrogen-bond acceptors (Lipinski definition) is 7. The molecule has 2 saturated heterocycles. The molecule has 3 rings (SSSR count). The van der Waals surface area contributed by atoms with E-state index in [0.29, 0.717) is 11.9 Å². The Bertz CT molecular complexity index is 457. The number of piperidine rings is 1. The summed E-state index contributed by atoms with van der Waals surface area (Å²) < 4.78 is 0. The molecule has 0 aliphatic carbocycles. The lowest BCUT2D eigenvalue weighted by molar-refractivity contribution is 0.514. The third kappa shape index (κ3) is 4.12. The van der Waals surface area contributed by atoms with Gasteiger partial charge < -0.3 is 16.0 Å². The zero-order valence-electron chi connectivity index (χ0n) is 12.4. The van der Waals surface area contributed by atoms with Crippen LogP contribution in [0.3, 0.4) is 0 Å². The fraction of sp³-hybridized carbons (Fsp3) is 0.786. The number of aromatic nitrogens is 3. The maximum atomic E-state index is 5.84. The predicted octanol–water partition coefficient (Wildman–Crippen LogP) is 2.00. The van der Waals surface area contributed by atoms with Gasteiger partial charge in [0.2, 0.25) is 17.8 Å². The van der Waals surface area contributed by atoms with Crippen molar-refractivity contribution in [1.29, 1.82) is 0 Å². The van der Waals surface area contributed by atoms with Gasteiger partial charge in [-0.1, -0.05) is 0 Å². The van der Waals surface area contributed by atoms with E-state index >= 15 is 0 Å². The molecule has 0 spiro atoms. The van der Waals surface area contributed by atoms with Crippen LogP contribution in [0.1, 0.15) is 32.1 Å². The molecule has 2 aliphatic rings. The molecule has 7 heteroatoms. The van der Waals surface area contributed by atoms with Gasteiger partial charge in [0.1, 0.15) is 0 Å². The molecular weight excluding hydrogens is 284 g/mol. The van der Waals surface area contributed by atoms with E-state index in [1.54, 1.807) is 0 Å². The molecule has 3 N–H and O–H groups in total. The molecular formula is C14H24N6S. The molecule has 2 aliphatic heterocycles. The van der Waals surface area contributed by atoms with E-state index in [0.717, 1.165) is 31.5 Å². The van der Waals surface area contributed by atoms with Crippen molar-refractivity contribution >= 4 is 29.6 Å². The van der Waals surface area contributed by atoms with Crippen molar-refractivity contribution in [2.75, 3.05) is 47.1 Å². The third-order valence-corrected chi connectivity index (χ3v) is 5.22. The monoisotopic (exact) mass is 308 g/mol. The highest BCUT2D eigenvalue weighted by Crippen LogP contribution is 2.23. The predicted molar refractivity (Wildman–Crippen MR) is 88.8 cm³/mol. The van der Waals surface area contributed by atoms with E-state index in [9.17, 15) is 0 Å². The maximum Gasteiger partial charge on any atom is 0.231 e. The SMILES string of the molecule is Nc1nc(NCC2CCSCC2)nc(N2CCCCC2)n1. The average molecular weight is 308 g/mol. The molecule has 2 fully saturated rings. The number of thioether (sulfide) groups is 1. The molecule has 6 nitrogen and oxygen atoms in total. The first-order valence-electron chi connectivity index (χ1n) is 7.89. The van der Waals surface area contributed by atoms with Crippen LogP contribution < -0.4 is 16.0 Å². The van der Waals surface area contributed by atoms with E-state index in [-0.39, 0.29) is 0 Å².